The maximum atomic E-state index is 6.14. The molecule has 0 spiro atoms. The molecule has 0 radical (unpaired) electrons. The number of aromatic nitrogens is 1. The van der Waals surface area contributed by atoms with E-state index in [9.17, 15) is 0 Å². The van der Waals surface area contributed by atoms with Crippen molar-refractivity contribution in [2.24, 2.45) is 5.92 Å². The van der Waals surface area contributed by atoms with E-state index in [-0.39, 0.29) is 5.38 Å². The normalized spacial score (nSPS) is 12.9. The summed E-state index contributed by atoms with van der Waals surface area (Å²) in [6, 6.07) is 5.80. The fourth-order valence-electron chi connectivity index (χ4n) is 1.28. The van der Waals surface area contributed by atoms with Crippen LogP contribution in [0, 0.1) is 5.92 Å². The number of alkyl halides is 1. The Hall–Kier alpha value is -0.760. The monoisotopic (exact) mass is 212 g/mol. The van der Waals surface area contributed by atoms with Gasteiger partial charge in [-0.25, -0.2) is 4.98 Å². The first kappa shape index (κ1) is 11.3. The summed E-state index contributed by atoms with van der Waals surface area (Å²) in [6.07, 6.45) is 2.80. The van der Waals surface area contributed by atoms with Crippen molar-refractivity contribution in [3.63, 3.8) is 0 Å². The van der Waals surface area contributed by atoms with E-state index in [0.29, 0.717) is 5.92 Å². The summed E-state index contributed by atoms with van der Waals surface area (Å²) >= 11 is 6.14. The molecular formula is C11H17ClN2. The molecule has 14 heavy (non-hydrogen) atoms. The van der Waals surface area contributed by atoms with Crippen molar-refractivity contribution in [1.29, 1.82) is 0 Å². The first-order valence-electron chi connectivity index (χ1n) is 4.97. The van der Waals surface area contributed by atoms with Crippen LogP contribution in [-0.4, -0.2) is 16.9 Å². The van der Waals surface area contributed by atoms with Gasteiger partial charge >= 0.3 is 0 Å². The van der Waals surface area contributed by atoms with Crippen LogP contribution < -0.4 is 5.32 Å². The van der Waals surface area contributed by atoms with Crippen molar-refractivity contribution >= 4 is 17.4 Å². The number of halogens is 1. The fourth-order valence-corrected chi connectivity index (χ4v) is 1.71. The van der Waals surface area contributed by atoms with Gasteiger partial charge in [0.15, 0.2) is 0 Å². The van der Waals surface area contributed by atoms with Crippen molar-refractivity contribution in [2.75, 3.05) is 11.9 Å². The second kappa shape index (κ2) is 5.86. The average molecular weight is 213 g/mol. The molecule has 78 valence electrons. The van der Waals surface area contributed by atoms with E-state index < -0.39 is 0 Å². The van der Waals surface area contributed by atoms with Crippen molar-refractivity contribution < 1.29 is 0 Å². The molecule has 0 aromatic carbocycles. The second-order valence-corrected chi connectivity index (χ2v) is 4.44. The van der Waals surface area contributed by atoms with Crippen LogP contribution in [0.4, 0.5) is 5.82 Å². The molecule has 0 aliphatic heterocycles. The average Bonchev–Trinajstić information content (AvgIpc) is 2.15. The van der Waals surface area contributed by atoms with Gasteiger partial charge in [0.1, 0.15) is 5.82 Å². The van der Waals surface area contributed by atoms with Gasteiger partial charge < -0.3 is 5.32 Å². The minimum absolute atomic E-state index is 0.178. The van der Waals surface area contributed by atoms with Crippen molar-refractivity contribution in [2.45, 2.75) is 25.6 Å². The van der Waals surface area contributed by atoms with E-state index in [4.69, 9.17) is 11.6 Å². The molecule has 1 heterocycles. The van der Waals surface area contributed by atoms with Gasteiger partial charge in [-0.2, -0.15) is 0 Å². The molecule has 1 atom stereocenters. The van der Waals surface area contributed by atoms with Gasteiger partial charge in [0, 0.05) is 12.7 Å². The number of rotatable bonds is 5. The number of hydrogen-bond donors (Lipinski definition) is 1. The highest BCUT2D eigenvalue weighted by atomic mass is 35.5. The lowest BCUT2D eigenvalue weighted by Crippen LogP contribution is -2.16. The Morgan fingerprint density at radius 2 is 2.21 bits per heavy atom. The lowest BCUT2D eigenvalue weighted by Gasteiger charge is -2.12. The van der Waals surface area contributed by atoms with Crippen molar-refractivity contribution in [1.82, 2.24) is 4.98 Å². The Morgan fingerprint density at radius 3 is 2.79 bits per heavy atom. The van der Waals surface area contributed by atoms with Gasteiger partial charge in [0.05, 0.1) is 5.38 Å². The molecule has 3 heteroatoms. The van der Waals surface area contributed by atoms with Crippen LogP contribution in [0.2, 0.25) is 0 Å². The van der Waals surface area contributed by atoms with E-state index in [1.807, 2.05) is 18.2 Å². The summed E-state index contributed by atoms with van der Waals surface area (Å²) in [6.45, 7) is 5.13. The van der Waals surface area contributed by atoms with Gasteiger partial charge in [-0.3, -0.25) is 0 Å². The van der Waals surface area contributed by atoms with Crippen LogP contribution in [0.5, 0.6) is 0 Å². The lowest BCUT2D eigenvalue weighted by molar-refractivity contribution is 0.572. The highest BCUT2D eigenvalue weighted by Crippen LogP contribution is 2.11. The molecule has 1 aromatic heterocycles. The standard InChI is InChI=1S/C11H17ClN2/c1-9(2)7-10(12)8-14-11-5-3-4-6-13-11/h3-6,9-10H,7-8H2,1-2H3,(H,13,14). The summed E-state index contributed by atoms with van der Waals surface area (Å²) in [5, 5.41) is 3.38. The first-order valence-corrected chi connectivity index (χ1v) is 5.41. The molecule has 1 N–H and O–H groups in total. The summed E-state index contributed by atoms with van der Waals surface area (Å²) in [4.78, 5) is 4.16. The highest BCUT2D eigenvalue weighted by molar-refractivity contribution is 6.20. The predicted molar refractivity (Wildman–Crippen MR) is 61.8 cm³/mol. The number of nitrogens with zero attached hydrogens (tertiary/aromatic N) is 1. The largest absolute Gasteiger partial charge is 0.369 e. The molecule has 1 aromatic rings. The summed E-state index contributed by atoms with van der Waals surface area (Å²) < 4.78 is 0. The Kier molecular flexibility index (Phi) is 4.74. The molecule has 0 aliphatic carbocycles. The van der Waals surface area contributed by atoms with E-state index in [0.717, 1.165) is 18.8 Å². The molecule has 0 saturated heterocycles. The maximum Gasteiger partial charge on any atom is 0.125 e. The molecular weight excluding hydrogens is 196 g/mol. The second-order valence-electron chi connectivity index (χ2n) is 3.82. The number of hydrogen-bond acceptors (Lipinski definition) is 2. The zero-order valence-electron chi connectivity index (χ0n) is 8.70. The molecule has 0 aliphatic rings. The Labute approximate surface area is 90.7 Å². The van der Waals surface area contributed by atoms with E-state index >= 15 is 0 Å². The summed E-state index contributed by atoms with van der Waals surface area (Å²) in [5.74, 6) is 1.53. The topological polar surface area (TPSA) is 24.9 Å². The van der Waals surface area contributed by atoms with E-state index in [1.54, 1.807) is 6.20 Å². The number of pyridine rings is 1. The smallest absolute Gasteiger partial charge is 0.125 e. The Balaban J connectivity index is 2.27. The van der Waals surface area contributed by atoms with Crippen LogP contribution in [0.15, 0.2) is 24.4 Å². The minimum atomic E-state index is 0.178. The van der Waals surface area contributed by atoms with Crippen molar-refractivity contribution in [3.8, 4) is 0 Å². The molecule has 0 bridgehead atoms. The van der Waals surface area contributed by atoms with Gasteiger partial charge in [0.25, 0.3) is 0 Å². The first-order chi connectivity index (χ1) is 6.68. The quantitative estimate of drug-likeness (QED) is 0.759. The number of nitrogens with one attached hydrogen (secondary N) is 1. The third kappa shape index (κ3) is 4.47. The van der Waals surface area contributed by atoms with Crippen LogP contribution in [0.3, 0.4) is 0 Å². The van der Waals surface area contributed by atoms with E-state index in [2.05, 4.69) is 24.1 Å². The summed E-state index contributed by atoms with van der Waals surface area (Å²) in [5.41, 5.74) is 0. The van der Waals surface area contributed by atoms with Gasteiger partial charge in [-0.05, 0) is 24.5 Å². The molecule has 0 fully saturated rings. The molecule has 2 nitrogen and oxygen atoms in total. The summed E-state index contributed by atoms with van der Waals surface area (Å²) in [7, 11) is 0. The zero-order valence-corrected chi connectivity index (χ0v) is 9.46. The van der Waals surface area contributed by atoms with E-state index in [1.165, 1.54) is 0 Å². The van der Waals surface area contributed by atoms with Crippen LogP contribution in [0.25, 0.3) is 0 Å². The zero-order chi connectivity index (χ0) is 10.4. The molecule has 0 amide bonds. The minimum Gasteiger partial charge on any atom is -0.369 e. The van der Waals surface area contributed by atoms with Crippen molar-refractivity contribution in [3.05, 3.63) is 24.4 Å². The van der Waals surface area contributed by atoms with Crippen LogP contribution >= 0.6 is 11.6 Å². The van der Waals surface area contributed by atoms with Crippen LogP contribution in [0.1, 0.15) is 20.3 Å². The Morgan fingerprint density at radius 1 is 1.43 bits per heavy atom. The predicted octanol–water partition coefficient (Wildman–Crippen LogP) is 3.15. The SMILES string of the molecule is CC(C)CC(Cl)CNc1ccccn1. The lowest BCUT2D eigenvalue weighted by atomic mass is 10.1. The van der Waals surface area contributed by atoms with Crippen LogP contribution in [-0.2, 0) is 0 Å². The maximum absolute atomic E-state index is 6.14. The number of anilines is 1. The molecule has 1 unspecified atom stereocenters. The molecule has 0 saturated carbocycles. The highest BCUT2D eigenvalue weighted by Gasteiger charge is 2.06. The van der Waals surface area contributed by atoms with Gasteiger partial charge in [-0.15, -0.1) is 11.6 Å². The molecule has 1 rings (SSSR count). The third-order valence-corrected chi connectivity index (χ3v) is 2.23. The Bertz CT molecular complexity index is 249. The third-order valence-electron chi connectivity index (χ3n) is 1.90. The van der Waals surface area contributed by atoms with Gasteiger partial charge in [0.2, 0.25) is 0 Å². The van der Waals surface area contributed by atoms with Gasteiger partial charge in [-0.1, -0.05) is 19.9 Å². The fraction of sp³-hybridized carbons (Fsp3) is 0.545.